The van der Waals surface area contributed by atoms with Gasteiger partial charge >= 0.3 is 0 Å². The highest BCUT2D eigenvalue weighted by Gasteiger charge is 2.10. The lowest BCUT2D eigenvalue weighted by Crippen LogP contribution is -1.88. The third kappa shape index (κ3) is 2.24. The number of benzene rings is 2. The van der Waals surface area contributed by atoms with Crippen LogP contribution in [-0.4, -0.2) is 10.2 Å². The molecule has 17 heavy (non-hydrogen) atoms. The molecular formula is C12H15N3O2. The summed E-state index contributed by atoms with van der Waals surface area (Å²) in [5, 5.41) is 19.2. The van der Waals surface area contributed by atoms with Crippen LogP contribution in [0.1, 0.15) is 0 Å². The van der Waals surface area contributed by atoms with Crippen molar-refractivity contribution in [3.63, 3.8) is 0 Å². The second-order valence-electron chi connectivity index (χ2n) is 3.52. The summed E-state index contributed by atoms with van der Waals surface area (Å²) in [6, 6.07) is 10.2. The van der Waals surface area contributed by atoms with Gasteiger partial charge in [-0.15, -0.1) is 0 Å². The van der Waals surface area contributed by atoms with E-state index in [0.29, 0.717) is 11.3 Å². The van der Waals surface area contributed by atoms with Gasteiger partial charge in [-0.1, -0.05) is 12.1 Å². The number of rotatable bonds is 1. The number of phenolic OH excluding ortho intramolecular Hbond substituents is 2. The Balaban J connectivity index is 0.00000144. The highest BCUT2D eigenvalue weighted by Crippen LogP contribution is 2.40. The van der Waals surface area contributed by atoms with E-state index in [9.17, 15) is 10.2 Å². The van der Waals surface area contributed by atoms with Crippen LogP contribution >= 0.6 is 0 Å². The SMILES string of the molecule is N.Nc1ccc(-c2ccc(N)c(O)c2O)cc1. The Kier molecular flexibility index (Phi) is 3.45. The average molecular weight is 233 g/mol. The van der Waals surface area contributed by atoms with E-state index in [2.05, 4.69) is 0 Å². The number of phenols is 2. The van der Waals surface area contributed by atoms with E-state index in [-0.39, 0.29) is 23.3 Å². The topological polar surface area (TPSA) is 128 Å². The summed E-state index contributed by atoms with van der Waals surface area (Å²) in [7, 11) is 0. The zero-order chi connectivity index (χ0) is 11.7. The van der Waals surface area contributed by atoms with Gasteiger partial charge in [-0.3, -0.25) is 0 Å². The molecule has 0 atom stereocenters. The quantitative estimate of drug-likeness (QED) is 0.380. The Morgan fingerprint density at radius 2 is 1.35 bits per heavy atom. The molecule has 0 aliphatic carbocycles. The molecule has 0 bridgehead atoms. The molecule has 9 N–H and O–H groups in total. The summed E-state index contributed by atoms with van der Waals surface area (Å²) < 4.78 is 0. The maximum absolute atomic E-state index is 9.74. The minimum Gasteiger partial charge on any atom is -0.504 e. The Morgan fingerprint density at radius 1 is 0.765 bits per heavy atom. The van der Waals surface area contributed by atoms with Gasteiger partial charge in [0.1, 0.15) is 0 Å². The molecule has 2 aromatic carbocycles. The first-order valence-electron chi connectivity index (χ1n) is 4.76. The van der Waals surface area contributed by atoms with Gasteiger partial charge in [0.2, 0.25) is 0 Å². The van der Waals surface area contributed by atoms with Crippen molar-refractivity contribution in [2.45, 2.75) is 0 Å². The summed E-state index contributed by atoms with van der Waals surface area (Å²) in [6.07, 6.45) is 0. The van der Waals surface area contributed by atoms with Gasteiger partial charge < -0.3 is 27.8 Å². The van der Waals surface area contributed by atoms with Crippen LogP contribution in [0.3, 0.4) is 0 Å². The molecule has 0 aliphatic rings. The first-order chi connectivity index (χ1) is 7.59. The first-order valence-corrected chi connectivity index (χ1v) is 4.76. The van der Waals surface area contributed by atoms with Crippen LogP contribution in [0, 0.1) is 0 Å². The van der Waals surface area contributed by atoms with Crippen molar-refractivity contribution >= 4 is 11.4 Å². The lowest BCUT2D eigenvalue weighted by Gasteiger charge is -2.08. The van der Waals surface area contributed by atoms with Crippen molar-refractivity contribution in [3.8, 4) is 22.6 Å². The monoisotopic (exact) mass is 233 g/mol. The molecule has 0 saturated heterocycles. The van der Waals surface area contributed by atoms with E-state index >= 15 is 0 Å². The zero-order valence-electron chi connectivity index (χ0n) is 9.22. The van der Waals surface area contributed by atoms with E-state index in [1.165, 1.54) is 0 Å². The number of nitrogens with two attached hydrogens (primary N) is 2. The molecule has 0 fully saturated rings. The molecule has 5 nitrogen and oxygen atoms in total. The van der Waals surface area contributed by atoms with Crippen molar-refractivity contribution in [1.29, 1.82) is 0 Å². The number of anilines is 2. The van der Waals surface area contributed by atoms with Crippen molar-refractivity contribution in [1.82, 2.24) is 6.15 Å². The van der Waals surface area contributed by atoms with Gasteiger partial charge in [0.15, 0.2) is 11.5 Å². The van der Waals surface area contributed by atoms with Gasteiger partial charge in [0.25, 0.3) is 0 Å². The third-order valence-corrected chi connectivity index (χ3v) is 2.40. The molecule has 0 unspecified atom stereocenters. The number of nitrogen functional groups attached to an aromatic ring is 2. The highest BCUT2D eigenvalue weighted by atomic mass is 16.3. The number of hydrogen-bond donors (Lipinski definition) is 5. The average Bonchev–Trinajstić information content (AvgIpc) is 2.28. The van der Waals surface area contributed by atoms with Gasteiger partial charge in [-0.25, -0.2) is 0 Å². The summed E-state index contributed by atoms with van der Waals surface area (Å²) in [4.78, 5) is 0. The molecule has 0 aliphatic heterocycles. The fraction of sp³-hybridized carbons (Fsp3) is 0. The van der Waals surface area contributed by atoms with Crippen molar-refractivity contribution in [2.75, 3.05) is 11.5 Å². The molecule has 2 aromatic rings. The predicted molar refractivity (Wildman–Crippen MR) is 69.1 cm³/mol. The number of hydrogen-bond acceptors (Lipinski definition) is 5. The minimum atomic E-state index is -0.297. The standard InChI is InChI=1S/C12H12N2O2.H3N/c13-8-3-1-7(2-4-8)9-5-6-10(14)12(16)11(9)15;/h1-6,15-16H,13-14H2;1H3. The summed E-state index contributed by atoms with van der Waals surface area (Å²) in [6.45, 7) is 0. The number of aromatic hydroxyl groups is 2. The van der Waals surface area contributed by atoms with Crippen LogP contribution in [0.4, 0.5) is 11.4 Å². The fourth-order valence-electron chi connectivity index (χ4n) is 1.49. The maximum atomic E-state index is 9.74. The van der Waals surface area contributed by atoms with Gasteiger partial charge in [0, 0.05) is 11.3 Å². The second-order valence-corrected chi connectivity index (χ2v) is 3.52. The molecule has 0 heterocycles. The van der Waals surface area contributed by atoms with Crippen molar-refractivity contribution in [2.24, 2.45) is 0 Å². The minimum absolute atomic E-state index is 0. The Labute approximate surface area is 98.9 Å². The van der Waals surface area contributed by atoms with E-state index in [1.54, 1.807) is 36.4 Å². The molecule has 0 radical (unpaired) electrons. The lowest BCUT2D eigenvalue weighted by molar-refractivity contribution is 0.407. The fourth-order valence-corrected chi connectivity index (χ4v) is 1.49. The highest BCUT2D eigenvalue weighted by molar-refractivity contribution is 5.78. The lowest BCUT2D eigenvalue weighted by atomic mass is 10.0. The van der Waals surface area contributed by atoms with Crippen molar-refractivity contribution in [3.05, 3.63) is 36.4 Å². The van der Waals surface area contributed by atoms with Gasteiger partial charge in [-0.2, -0.15) is 0 Å². The molecule has 2 rings (SSSR count). The summed E-state index contributed by atoms with van der Waals surface area (Å²) >= 11 is 0. The second kappa shape index (κ2) is 4.63. The largest absolute Gasteiger partial charge is 0.504 e. The maximum Gasteiger partial charge on any atom is 0.181 e. The van der Waals surface area contributed by atoms with Crippen LogP contribution in [0.25, 0.3) is 11.1 Å². The summed E-state index contributed by atoms with van der Waals surface area (Å²) in [5.41, 5.74) is 13.1. The van der Waals surface area contributed by atoms with E-state index in [0.717, 1.165) is 5.56 Å². The smallest absolute Gasteiger partial charge is 0.181 e. The first kappa shape index (κ1) is 12.7. The van der Waals surface area contributed by atoms with Crippen LogP contribution in [-0.2, 0) is 0 Å². The normalized spacial score (nSPS) is 9.65. The van der Waals surface area contributed by atoms with Crippen LogP contribution < -0.4 is 17.6 Å². The van der Waals surface area contributed by atoms with Crippen molar-refractivity contribution < 1.29 is 10.2 Å². The van der Waals surface area contributed by atoms with Gasteiger partial charge in [0.05, 0.1) is 5.69 Å². The van der Waals surface area contributed by atoms with E-state index < -0.39 is 0 Å². The predicted octanol–water partition coefficient (Wildman–Crippen LogP) is 2.09. The van der Waals surface area contributed by atoms with Gasteiger partial charge in [-0.05, 0) is 29.8 Å². The Bertz CT molecular complexity index is 524. The molecule has 0 saturated carbocycles. The molecular weight excluding hydrogens is 218 g/mol. The van der Waals surface area contributed by atoms with Crippen LogP contribution in [0.5, 0.6) is 11.5 Å². The van der Waals surface area contributed by atoms with Crippen LogP contribution in [0.2, 0.25) is 0 Å². The van der Waals surface area contributed by atoms with E-state index in [1.807, 2.05) is 0 Å². The Morgan fingerprint density at radius 3 is 1.94 bits per heavy atom. The molecule has 90 valence electrons. The molecule has 0 aromatic heterocycles. The summed E-state index contributed by atoms with van der Waals surface area (Å²) in [5.74, 6) is -0.515. The molecule has 0 amide bonds. The van der Waals surface area contributed by atoms with Crippen LogP contribution in [0.15, 0.2) is 36.4 Å². The molecule has 5 heteroatoms. The third-order valence-electron chi connectivity index (χ3n) is 2.40. The van der Waals surface area contributed by atoms with E-state index in [4.69, 9.17) is 11.5 Å². The zero-order valence-corrected chi connectivity index (χ0v) is 9.22. The molecule has 0 spiro atoms. The Hall–Kier alpha value is -2.40.